The van der Waals surface area contributed by atoms with Crippen molar-refractivity contribution >= 4 is 27.4 Å². The lowest BCUT2D eigenvalue weighted by Gasteiger charge is -2.19. The molecule has 4 rings (SSSR count). The van der Waals surface area contributed by atoms with Crippen LogP contribution in [-0.2, 0) is 16.6 Å². The maximum atomic E-state index is 11.9. The van der Waals surface area contributed by atoms with Crippen LogP contribution in [0.15, 0.2) is 54.7 Å². The second-order valence-electron chi connectivity index (χ2n) is 5.60. The van der Waals surface area contributed by atoms with Gasteiger partial charge in [-0.25, -0.2) is 8.42 Å². The van der Waals surface area contributed by atoms with Crippen LogP contribution in [0.5, 0.6) is 0 Å². The summed E-state index contributed by atoms with van der Waals surface area (Å²) in [6.45, 7) is 0.339. The third kappa shape index (κ3) is 2.68. The summed E-state index contributed by atoms with van der Waals surface area (Å²) in [6, 6.07) is 15.5. The molecule has 0 unspecified atom stereocenters. The number of benzene rings is 1. The molecule has 0 saturated carbocycles. The summed E-state index contributed by atoms with van der Waals surface area (Å²) in [5, 5.41) is 0.497. The third-order valence-electron chi connectivity index (χ3n) is 4.03. The first-order valence-electron chi connectivity index (χ1n) is 7.45. The predicted molar refractivity (Wildman–Crippen MR) is 95.5 cm³/mol. The molecule has 0 bridgehead atoms. The highest BCUT2D eigenvalue weighted by Gasteiger charge is 2.26. The summed E-state index contributed by atoms with van der Waals surface area (Å²) in [5.74, 6) is 0.500. The van der Waals surface area contributed by atoms with Crippen molar-refractivity contribution in [2.45, 2.75) is 6.54 Å². The first-order valence-corrected chi connectivity index (χ1v) is 9.48. The summed E-state index contributed by atoms with van der Waals surface area (Å²) in [7, 11) is -3.32. The minimum Gasteiger partial charge on any atom is -0.316 e. The van der Waals surface area contributed by atoms with E-state index in [4.69, 9.17) is 11.6 Å². The van der Waals surface area contributed by atoms with Gasteiger partial charge in [-0.1, -0.05) is 48.0 Å². The smallest absolute Gasteiger partial charge is 0.235 e. The zero-order valence-corrected chi connectivity index (χ0v) is 14.2. The van der Waals surface area contributed by atoms with E-state index in [1.165, 1.54) is 0 Å². The average Bonchev–Trinajstić information content (AvgIpc) is 2.90. The highest BCUT2D eigenvalue weighted by molar-refractivity contribution is 7.92. The Morgan fingerprint density at radius 2 is 1.88 bits per heavy atom. The normalized spacial score (nSPS) is 15.5. The maximum absolute atomic E-state index is 11.9. The number of nitrogens with zero attached hydrogens (tertiary/aromatic N) is 2. The van der Waals surface area contributed by atoms with Crippen LogP contribution in [0.4, 0.5) is 5.82 Å². The second kappa shape index (κ2) is 5.65. The Bertz CT molecular complexity index is 996. The summed E-state index contributed by atoms with van der Waals surface area (Å²) < 4.78 is 28.1. The second-order valence-corrected chi connectivity index (χ2v) is 7.83. The average molecular weight is 360 g/mol. The van der Waals surface area contributed by atoms with Gasteiger partial charge in [0.2, 0.25) is 10.0 Å². The Balaban J connectivity index is 1.75. The number of nitrogens with one attached hydrogen (secondary N) is 1. The standard InChI is InChI=1S/C17H14ClN3O2S/c18-16-10-14(17-20-24(22,23)9-8-21(16)17)15-7-6-13(11-19-15)12-4-2-1-3-5-12/h1-7,10-11,20H,8-9H2. The Kier molecular flexibility index (Phi) is 3.58. The molecular weight excluding hydrogens is 346 g/mol. The van der Waals surface area contributed by atoms with Gasteiger partial charge in [0, 0.05) is 23.9 Å². The molecule has 3 heterocycles. The molecule has 1 aliphatic rings. The van der Waals surface area contributed by atoms with Crippen molar-refractivity contribution < 1.29 is 8.42 Å². The van der Waals surface area contributed by atoms with Crippen molar-refractivity contribution in [1.82, 2.24) is 9.55 Å². The van der Waals surface area contributed by atoms with E-state index in [0.29, 0.717) is 28.8 Å². The van der Waals surface area contributed by atoms with E-state index in [-0.39, 0.29) is 5.75 Å². The molecule has 3 aromatic rings. The van der Waals surface area contributed by atoms with Gasteiger partial charge in [-0.05, 0) is 17.7 Å². The summed E-state index contributed by atoms with van der Waals surface area (Å²) >= 11 is 6.23. The number of sulfonamides is 1. The van der Waals surface area contributed by atoms with Gasteiger partial charge in [0.05, 0.1) is 11.4 Å². The molecule has 24 heavy (non-hydrogen) atoms. The van der Waals surface area contributed by atoms with Gasteiger partial charge in [-0.2, -0.15) is 0 Å². The van der Waals surface area contributed by atoms with Crippen LogP contribution < -0.4 is 4.72 Å². The Morgan fingerprint density at radius 3 is 2.58 bits per heavy atom. The third-order valence-corrected chi connectivity index (χ3v) is 5.57. The van der Waals surface area contributed by atoms with E-state index in [1.54, 1.807) is 16.8 Å². The number of anilines is 1. The Labute approximate surface area is 145 Å². The van der Waals surface area contributed by atoms with Crippen molar-refractivity contribution in [3.05, 3.63) is 59.9 Å². The lowest BCUT2D eigenvalue weighted by Crippen LogP contribution is -2.27. The molecule has 5 nitrogen and oxygen atoms in total. The summed E-state index contributed by atoms with van der Waals surface area (Å²) in [4.78, 5) is 4.49. The topological polar surface area (TPSA) is 64.0 Å². The van der Waals surface area contributed by atoms with E-state index in [0.717, 1.165) is 11.1 Å². The molecule has 0 aliphatic carbocycles. The lowest BCUT2D eigenvalue weighted by atomic mass is 10.1. The fourth-order valence-corrected chi connectivity index (χ4v) is 4.12. The first-order chi connectivity index (χ1) is 11.5. The van der Waals surface area contributed by atoms with Gasteiger partial charge in [-0.3, -0.25) is 9.71 Å². The zero-order chi connectivity index (χ0) is 16.7. The number of aromatic nitrogens is 2. The number of pyridine rings is 1. The number of hydrogen-bond donors (Lipinski definition) is 1. The highest BCUT2D eigenvalue weighted by atomic mass is 35.5. The molecule has 7 heteroatoms. The van der Waals surface area contributed by atoms with Gasteiger partial charge in [0.1, 0.15) is 11.0 Å². The van der Waals surface area contributed by atoms with Crippen molar-refractivity contribution in [2.24, 2.45) is 0 Å². The van der Waals surface area contributed by atoms with Crippen molar-refractivity contribution in [3.8, 4) is 22.4 Å². The molecule has 0 atom stereocenters. The Morgan fingerprint density at radius 1 is 1.08 bits per heavy atom. The summed E-state index contributed by atoms with van der Waals surface area (Å²) in [6.07, 6.45) is 1.78. The molecule has 122 valence electrons. The molecule has 1 aliphatic heterocycles. The molecule has 0 fully saturated rings. The SMILES string of the molecule is O=S1(=O)CCn2c(Cl)cc(-c3ccc(-c4ccccc4)cn3)c2N1. The largest absolute Gasteiger partial charge is 0.316 e. The van der Waals surface area contributed by atoms with Crippen LogP contribution >= 0.6 is 11.6 Å². The van der Waals surface area contributed by atoms with E-state index < -0.39 is 10.0 Å². The van der Waals surface area contributed by atoms with Crippen LogP contribution in [0.1, 0.15) is 0 Å². The van der Waals surface area contributed by atoms with Gasteiger partial charge in [-0.15, -0.1) is 0 Å². The molecule has 0 amide bonds. The van der Waals surface area contributed by atoms with Gasteiger partial charge in [0.15, 0.2) is 0 Å². The van der Waals surface area contributed by atoms with Crippen LogP contribution in [0, 0.1) is 0 Å². The van der Waals surface area contributed by atoms with Gasteiger partial charge in [0.25, 0.3) is 0 Å². The van der Waals surface area contributed by atoms with E-state index in [9.17, 15) is 8.42 Å². The van der Waals surface area contributed by atoms with Crippen LogP contribution in [0.2, 0.25) is 5.15 Å². The lowest BCUT2D eigenvalue weighted by molar-refractivity contribution is 0.588. The summed E-state index contributed by atoms with van der Waals surface area (Å²) in [5.41, 5.74) is 3.44. The molecule has 1 N–H and O–H groups in total. The monoisotopic (exact) mass is 359 g/mol. The zero-order valence-electron chi connectivity index (χ0n) is 12.6. The quantitative estimate of drug-likeness (QED) is 0.760. The molecular formula is C17H14ClN3O2S. The van der Waals surface area contributed by atoms with Crippen LogP contribution in [-0.4, -0.2) is 23.7 Å². The van der Waals surface area contributed by atoms with Crippen molar-refractivity contribution in [3.63, 3.8) is 0 Å². The number of hydrogen-bond acceptors (Lipinski definition) is 3. The van der Waals surface area contributed by atoms with Crippen LogP contribution in [0.25, 0.3) is 22.4 Å². The maximum Gasteiger partial charge on any atom is 0.235 e. The minimum atomic E-state index is -3.32. The minimum absolute atomic E-state index is 0.0220. The van der Waals surface area contributed by atoms with Crippen LogP contribution in [0.3, 0.4) is 0 Å². The van der Waals surface area contributed by atoms with Gasteiger partial charge < -0.3 is 4.57 Å². The molecule has 0 spiro atoms. The molecule has 0 radical (unpaired) electrons. The fraction of sp³-hybridized carbons (Fsp3) is 0.118. The Hall–Kier alpha value is -2.31. The number of halogens is 1. The highest BCUT2D eigenvalue weighted by Crippen LogP contribution is 2.36. The fourth-order valence-electron chi connectivity index (χ4n) is 2.81. The van der Waals surface area contributed by atoms with Crippen molar-refractivity contribution in [2.75, 3.05) is 10.5 Å². The number of rotatable bonds is 2. The van der Waals surface area contributed by atoms with E-state index in [1.807, 2.05) is 42.5 Å². The molecule has 1 aromatic carbocycles. The van der Waals surface area contributed by atoms with E-state index >= 15 is 0 Å². The predicted octanol–water partition coefficient (Wildman–Crippen LogP) is 3.63. The molecule has 0 saturated heterocycles. The van der Waals surface area contributed by atoms with Crippen molar-refractivity contribution in [1.29, 1.82) is 0 Å². The van der Waals surface area contributed by atoms with E-state index in [2.05, 4.69) is 9.71 Å². The van der Waals surface area contributed by atoms with Gasteiger partial charge >= 0.3 is 0 Å². The number of fused-ring (bicyclic) bond motifs is 1. The first kappa shape index (κ1) is 15.2. The molecule has 2 aromatic heterocycles.